The molecule has 0 aliphatic heterocycles. The Hall–Kier alpha value is -1.59. The number of rotatable bonds is 47. The molecule has 6 heteroatoms. The lowest BCUT2D eigenvalue weighted by Crippen LogP contribution is -2.30. The van der Waals surface area contributed by atoms with Crippen LogP contribution in [0, 0.1) is 11.8 Å². The zero-order valence-electron chi connectivity index (χ0n) is 40.4. The molecule has 0 N–H and O–H groups in total. The molecular formula is C53H102O6. The normalized spacial score (nSPS) is 12.5. The lowest BCUT2D eigenvalue weighted by molar-refractivity contribution is -0.167. The fourth-order valence-electron chi connectivity index (χ4n) is 7.96. The van der Waals surface area contributed by atoms with E-state index in [9.17, 15) is 14.4 Å². The standard InChI is InChI=1S/C53H102O6/c1-6-8-9-10-11-12-13-19-22-28-33-38-43-51(54)57-46-50(47-58-52(55)44-39-34-29-25-24-27-32-37-42-49(5)7-2)59-53(56)45-40-35-30-23-20-17-15-14-16-18-21-26-31-36-41-48(3)4/h48-50H,6-47H2,1-5H3/t49?,50-/m0/s1. The van der Waals surface area contributed by atoms with Gasteiger partial charge in [0.05, 0.1) is 0 Å². The minimum atomic E-state index is -0.762. The number of esters is 3. The monoisotopic (exact) mass is 835 g/mol. The molecule has 59 heavy (non-hydrogen) atoms. The fraction of sp³-hybridized carbons (Fsp3) is 0.943. The van der Waals surface area contributed by atoms with Crippen molar-refractivity contribution in [1.82, 2.24) is 0 Å². The smallest absolute Gasteiger partial charge is 0.306 e. The molecule has 0 saturated heterocycles. The highest BCUT2D eigenvalue weighted by molar-refractivity contribution is 5.71. The van der Waals surface area contributed by atoms with E-state index in [0.717, 1.165) is 69.6 Å². The molecule has 0 aromatic carbocycles. The summed E-state index contributed by atoms with van der Waals surface area (Å²) >= 11 is 0. The number of hydrogen-bond acceptors (Lipinski definition) is 6. The van der Waals surface area contributed by atoms with E-state index >= 15 is 0 Å². The van der Waals surface area contributed by atoms with Gasteiger partial charge in [-0.2, -0.15) is 0 Å². The second-order valence-electron chi connectivity index (χ2n) is 18.9. The highest BCUT2D eigenvalue weighted by Crippen LogP contribution is 2.18. The van der Waals surface area contributed by atoms with Gasteiger partial charge in [0.2, 0.25) is 0 Å². The van der Waals surface area contributed by atoms with Crippen molar-refractivity contribution < 1.29 is 28.6 Å². The van der Waals surface area contributed by atoms with Crippen molar-refractivity contribution in [3.05, 3.63) is 0 Å². The third-order valence-corrected chi connectivity index (χ3v) is 12.3. The summed E-state index contributed by atoms with van der Waals surface area (Å²) in [7, 11) is 0. The van der Waals surface area contributed by atoms with Gasteiger partial charge in [-0.15, -0.1) is 0 Å². The quantitative estimate of drug-likeness (QED) is 0.0345. The molecule has 0 fully saturated rings. The minimum Gasteiger partial charge on any atom is -0.462 e. The van der Waals surface area contributed by atoms with E-state index in [2.05, 4.69) is 34.6 Å². The average Bonchev–Trinajstić information content (AvgIpc) is 3.22. The Kier molecular flexibility index (Phi) is 44.7. The molecule has 350 valence electrons. The van der Waals surface area contributed by atoms with E-state index < -0.39 is 6.10 Å². The van der Waals surface area contributed by atoms with Crippen LogP contribution in [0.5, 0.6) is 0 Å². The third-order valence-electron chi connectivity index (χ3n) is 12.3. The Morgan fingerprint density at radius 1 is 0.356 bits per heavy atom. The van der Waals surface area contributed by atoms with Crippen molar-refractivity contribution in [2.75, 3.05) is 13.2 Å². The SMILES string of the molecule is CCCCCCCCCCCCCCC(=O)OC[C@@H](COC(=O)CCCCCCCCCCC(C)CC)OC(=O)CCCCCCCCCCCCCCCCC(C)C. The highest BCUT2D eigenvalue weighted by Gasteiger charge is 2.19. The third kappa shape index (κ3) is 45.8. The Bertz CT molecular complexity index is 902. The average molecular weight is 835 g/mol. The van der Waals surface area contributed by atoms with Gasteiger partial charge in [-0.1, -0.05) is 253 Å². The molecule has 0 amide bonds. The van der Waals surface area contributed by atoms with Gasteiger partial charge in [0.15, 0.2) is 6.10 Å². The van der Waals surface area contributed by atoms with E-state index in [0.29, 0.717) is 19.3 Å². The molecule has 0 aromatic heterocycles. The second-order valence-corrected chi connectivity index (χ2v) is 18.9. The van der Waals surface area contributed by atoms with Gasteiger partial charge in [-0.05, 0) is 31.1 Å². The maximum Gasteiger partial charge on any atom is 0.306 e. The van der Waals surface area contributed by atoms with Crippen LogP contribution in [-0.2, 0) is 28.6 Å². The summed E-state index contributed by atoms with van der Waals surface area (Å²) in [5.74, 6) is 0.843. The zero-order chi connectivity index (χ0) is 43.3. The maximum atomic E-state index is 12.8. The lowest BCUT2D eigenvalue weighted by atomic mass is 9.99. The van der Waals surface area contributed by atoms with Crippen LogP contribution in [-0.4, -0.2) is 37.2 Å². The first-order valence-corrected chi connectivity index (χ1v) is 26.3. The van der Waals surface area contributed by atoms with Crippen LogP contribution in [0.25, 0.3) is 0 Å². The zero-order valence-corrected chi connectivity index (χ0v) is 40.4. The van der Waals surface area contributed by atoms with Crippen molar-refractivity contribution in [3.8, 4) is 0 Å². The van der Waals surface area contributed by atoms with Gasteiger partial charge >= 0.3 is 17.9 Å². The molecule has 2 atom stereocenters. The Balaban J connectivity index is 4.31. The summed E-state index contributed by atoms with van der Waals surface area (Å²) in [6.45, 7) is 11.4. The van der Waals surface area contributed by atoms with Crippen molar-refractivity contribution in [3.63, 3.8) is 0 Å². The fourth-order valence-corrected chi connectivity index (χ4v) is 7.96. The van der Waals surface area contributed by atoms with Crippen LogP contribution in [0.2, 0.25) is 0 Å². The summed E-state index contributed by atoms with van der Waals surface area (Å²) in [6.07, 6.45) is 46.5. The van der Waals surface area contributed by atoms with Gasteiger partial charge in [0, 0.05) is 19.3 Å². The van der Waals surface area contributed by atoms with Crippen molar-refractivity contribution in [1.29, 1.82) is 0 Å². The van der Waals surface area contributed by atoms with E-state index in [1.54, 1.807) is 0 Å². The second kappa shape index (κ2) is 45.9. The summed E-state index contributed by atoms with van der Waals surface area (Å²) in [4.78, 5) is 37.9. The molecule has 0 heterocycles. The lowest BCUT2D eigenvalue weighted by Gasteiger charge is -2.18. The first-order valence-electron chi connectivity index (χ1n) is 26.3. The van der Waals surface area contributed by atoms with E-state index in [-0.39, 0.29) is 31.1 Å². The van der Waals surface area contributed by atoms with E-state index in [1.807, 2.05) is 0 Å². The molecule has 0 radical (unpaired) electrons. The van der Waals surface area contributed by atoms with Crippen molar-refractivity contribution in [2.45, 2.75) is 298 Å². The van der Waals surface area contributed by atoms with E-state index in [1.165, 1.54) is 180 Å². The summed E-state index contributed by atoms with van der Waals surface area (Å²) in [5, 5.41) is 0. The van der Waals surface area contributed by atoms with Crippen LogP contribution >= 0.6 is 0 Å². The maximum absolute atomic E-state index is 12.8. The van der Waals surface area contributed by atoms with Crippen LogP contribution < -0.4 is 0 Å². The molecule has 6 nitrogen and oxygen atoms in total. The van der Waals surface area contributed by atoms with Gasteiger partial charge < -0.3 is 14.2 Å². The summed E-state index contributed by atoms with van der Waals surface area (Å²) < 4.78 is 16.8. The Morgan fingerprint density at radius 3 is 0.966 bits per heavy atom. The molecule has 0 saturated carbocycles. The van der Waals surface area contributed by atoms with Gasteiger partial charge in [0.25, 0.3) is 0 Å². The molecule has 0 rings (SSSR count). The molecule has 0 aromatic rings. The number of carbonyl (C=O) groups excluding carboxylic acids is 3. The topological polar surface area (TPSA) is 78.9 Å². The van der Waals surface area contributed by atoms with Crippen LogP contribution in [0.15, 0.2) is 0 Å². The number of hydrogen-bond donors (Lipinski definition) is 0. The van der Waals surface area contributed by atoms with Gasteiger partial charge in [-0.25, -0.2) is 0 Å². The first-order chi connectivity index (χ1) is 28.8. The summed E-state index contributed by atoms with van der Waals surface area (Å²) in [6, 6.07) is 0. The summed E-state index contributed by atoms with van der Waals surface area (Å²) in [5.41, 5.74) is 0. The number of carbonyl (C=O) groups is 3. The van der Waals surface area contributed by atoms with Crippen LogP contribution in [0.4, 0.5) is 0 Å². The van der Waals surface area contributed by atoms with Crippen molar-refractivity contribution in [2.24, 2.45) is 11.8 Å². The molecule has 0 spiro atoms. The number of unbranched alkanes of at least 4 members (excludes halogenated alkanes) is 31. The Morgan fingerprint density at radius 2 is 0.644 bits per heavy atom. The molecule has 0 aliphatic rings. The van der Waals surface area contributed by atoms with Crippen LogP contribution in [0.1, 0.15) is 291 Å². The van der Waals surface area contributed by atoms with Crippen molar-refractivity contribution >= 4 is 17.9 Å². The molecule has 0 bridgehead atoms. The van der Waals surface area contributed by atoms with Gasteiger partial charge in [-0.3, -0.25) is 14.4 Å². The predicted molar refractivity (Wildman–Crippen MR) is 252 cm³/mol. The molecular weight excluding hydrogens is 733 g/mol. The highest BCUT2D eigenvalue weighted by atomic mass is 16.6. The van der Waals surface area contributed by atoms with Crippen LogP contribution in [0.3, 0.4) is 0 Å². The Labute approximate surface area is 368 Å². The molecule has 0 aliphatic carbocycles. The minimum absolute atomic E-state index is 0.0637. The van der Waals surface area contributed by atoms with E-state index in [4.69, 9.17) is 14.2 Å². The first kappa shape index (κ1) is 57.4. The van der Waals surface area contributed by atoms with Gasteiger partial charge in [0.1, 0.15) is 13.2 Å². The largest absolute Gasteiger partial charge is 0.462 e. The predicted octanol–water partition coefficient (Wildman–Crippen LogP) is 16.9. The molecule has 1 unspecified atom stereocenters. The number of ether oxygens (including phenoxy) is 3.